The van der Waals surface area contributed by atoms with Crippen LogP contribution in [0.3, 0.4) is 0 Å². The number of thioether (sulfide) groups is 1. The van der Waals surface area contributed by atoms with Gasteiger partial charge in [0, 0.05) is 12.8 Å². The molecule has 0 atom stereocenters. The Labute approximate surface area is 59.7 Å². The van der Waals surface area contributed by atoms with Gasteiger partial charge in [-0.15, -0.1) is 18.3 Å². The summed E-state index contributed by atoms with van der Waals surface area (Å²) >= 11 is 1.56. The van der Waals surface area contributed by atoms with Gasteiger partial charge in [0.2, 0.25) is 5.91 Å². The Balaban J connectivity index is 3.06. The van der Waals surface area contributed by atoms with E-state index in [0.717, 1.165) is 5.75 Å². The second kappa shape index (κ2) is 5.69. The molecule has 0 aromatic rings. The molecule has 0 aliphatic heterocycles. The molecule has 3 heteroatoms. The zero-order valence-electron chi connectivity index (χ0n) is 5.52. The predicted molar refractivity (Wildman–Crippen MR) is 41.6 cm³/mol. The number of hydrogen-bond acceptors (Lipinski definition) is 2. The normalized spacial score (nSPS) is 8.56. The van der Waals surface area contributed by atoms with E-state index in [4.69, 9.17) is 0 Å². The van der Waals surface area contributed by atoms with Crippen molar-refractivity contribution in [3.8, 4) is 0 Å². The minimum atomic E-state index is 0.0712. The number of nitrogens with one attached hydrogen (secondary N) is 1. The molecule has 0 bridgehead atoms. The molecular weight excluding hydrogens is 134 g/mol. The first kappa shape index (κ1) is 8.56. The van der Waals surface area contributed by atoms with E-state index in [0.29, 0.717) is 5.75 Å². The highest BCUT2D eigenvalue weighted by molar-refractivity contribution is 8.00. The zero-order valence-corrected chi connectivity index (χ0v) is 6.33. The Morgan fingerprint density at radius 1 is 1.89 bits per heavy atom. The summed E-state index contributed by atoms with van der Waals surface area (Å²) in [5.74, 6) is 1.44. The highest BCUT2D eigenvalue weighted by Crippen LogP contribution is 1.97. The van der Waals surface area contributed by atoms with Crippen LogP contribution in [0.2, 0.25) is 0 Å². The third-order valence-electron chi connectivity index (χ3n) is 0.748. The largest absolute Gasteiger partial charge is 0.358 e. The van der Waals surface area contributed by atoms with Crippen molar-refractivity contribution in [3.05, 3.63) is 12.7 Å². The summed E-state index contributed by atoms with van der Waals surface area (Å²) in [5, 5.41) is 2.53. The Kier molecular flexibility index (Phi) is 5.41. The van der Waals surface area contributed by atoms with Gasteiger partial charge in [0.1, 0.15) is 0 Å². The van der Waals surface area contributed by atoms with E-state index in [-0.39, 0.29) is 5.91 Å². The molecule has 0 spiro atoms. The molecule has 0 aromatic carbocycles. The van der Waals surface area contributed by atoms with Crippen molar-refractivity contribution < 1.29 is 4.79 Å². The minimum absolute atomic E-state index is 0.0712. The van der Waals surface area contributed by atoms with Crippen LogP contribution in [0.5, 0.6) is 0 Å². The van der Waals surface area contributed by atoms with Crippen molar-refractivity contribution >= 4 is 17.7 Å². The molecule has 0 heterocycles. The van der Waals surface area contributed by atoms with Gasteiger partial charge in [-0.2, -0.15) is 0 Å². The predicted octanol–water partition coefficient (Wildman–Crippen LogP) is 0.652. The number of hydrogen-bond donors (Lipinski definition) is 1. The maximum atomic E-state index is 10.5. The summed E-state index contributed by atoms with van der Waals surface area (Å²) in [5.41, 5.74) is 0. The first-order valence-corrected chi connectivity index (χ1v) is 3.86. The summed E-state index contributed by atoms with van der Waals surface area (Å²) in [6.45, 7) is 3.53. The van der Waals surface area contributed by atoms with Crippen LogP contribution in [0, 0.1) is 0 Å². The van der Waals surface area contributed by atoms with Crippen molar-refractivity contribution in [3.63, 3.8) is 0 Å². The van der Waals surface area contributed by atoms with E-state index in [1.165, 1.54) is 0 Å². The third kappa shape index (κ3) is 5.43. The average molecular weight is 145 g/mol. The van der Waals surface area contributed by atoms with Gasteiger partial charge >= 0.3 is 0 Å². The van der Waals surface area contributed by atoms with Crippen LogP contribution < -0.4 is 5.32 Å². The molecule has 0 saturated heterocycles. The molecule has 0 saturated carbocycles. The Hall–Kier alpha value is -0.440. The van der Waals surface area contributed by atoms with Gasteiger partial charge < -0.3 is 5.32 Å². The molecule has 2 nitrogen and oxygen atoms in total. The molecule has 9 heavy (non-hydrogen) atoms. The maximum Gasteiger partial charge on any atom is 0.229 e. The van der Waals surface area contributed by atoms with Gasteiger partial charge in [-0.3, -0.25) is 4.79 Å². The van der Waals surface area contributed by atoms with Gasteiger partial charge in [-0.25, -0.2) is 0 Å². The van der Waals surface area contributed by atoms with E-state index in [2.05, 4.69) is 11.9 Å². The van der Waals surface area contributed by atoms with Crippen molar-refractivity contribution in [2.75, 3.05) is 18.6 Å². The molecule has 0 rings (SSSR count). The SMILES string of the molecule is C=CCSCC(=O)NC. The molecule has 52 valence electrons. The summed E-state index contributed by atoms with van der Waals surface area (Å²) in [6, 6.07) is 0. The molecule has 1 amide bonds. The minimum Gasteiger partial charge on any atom is -0.358 e. The van der Waals surface area contributed by atoms with Crippen molar-refractivity contribution in [1.82, 2.24) is 5.32 Å². The summed E-state index contributed by atoms with van der Waals surface area (Å²) in [6.07, 6.45) is 1.79. The standard InChI is InChI=1S/C6H11NOS/c1-3-4-9-5-6(8)7-2/h3H,1,4-5H2,2H3,(H,7,8). The lowest BCUT2D eigenvalue weighted by molar-refractivity contribution is -0.118. The van der Waals surface area contributed by atoms with E-state index >= 15 is 0 Å². The van der Waals surface area contributed by atoms with Crippen LogP contribution in [-0.2, 0) is 4.79 Å². The summed E-state index contributed by atoms with van der Waals surface area (Å²) in [4.78, 5) is 10.5. The van der Waals surface area contributed by atoms with E-state index < -0.39 is 0 Å². The number of carbonyl (C=O) groups excluding carboxylic acids is 1. The molecule has 0 fully saturated rings. The van der Waals surface area contributed by atoms with Crippen LogP contribution >= 0.6 is 11.8 Å². The van der Waals surface area contributed by atoms with E-state index in [1.807, 2.05) is 0 Å². The zero-order chi connectivity index (χ0) is 7.11. The van der Waals surface area contributed by atoms with Gasteiger partial charge in [0.25, 0.3) is 0 Å². The number of rotatable bonds is 4. The molecule has 1 N–H and O–H groups in total. The van der Waals surface area contributed by atoms with Crippen LogP contribution in [-0.4, -0.2) is 24.5 Å². The third-order valence-corrected chi connectivity index (χ3v) is 1.69. The fourth-order valence-electron chi connectivity index (χ4n) is 0.307. The van der Waals surface area contributed by atoms with Gasteiger partial charge in [-0.05, 0) is 0 Å². The fourth-order valence-corrected chi connectivity index (χ4v) is 0.921. The topological polar surface area (TPSA) is 29.1 Å². The molecule has 0 aliphatic carbocycles. The van der Waals surface area contributed by atoms with Crippen molar-refractivity contribution in [2.24, 2.45) is 0 Å². The first-order valence-electron chi connectivity index (χ1n) is 2.70. The van der Waals surface area contributed by atoms with Crippen molar-refractivity contribution in [1.29, 1.82) is 0 Å². The van der Waals surface area contributed by atoms with Crippen LogP contribution in [0.1, 0.15) is 0 Å². The van der Waals surface area contributed by atoms with Crippen LogP contribution in [0.15, 0.2) is 12.7 Å². The lowest BCUT2D eigenvalue weighted by Gasteiger charge is -1.94. The number of carbonyl (C=O) groups is 1. The molecule has 0 radical (unpaired) electrons. The highest BCUT2D eigenvalue weighted by Gasteiger charge is 1.93. The fraction of sp³-hybridized carbons (Fsp3) is 0.500. The number of amides is 1. The van der Waals surface area contributed by atoms with Crippen molar-refractivity contribution in [2.45, 2.75) is 0 Å². The summed E-state index contributed by atoms with van der Waals surface area (Å²) < 4.78 is 0. The second-order valence-corrected chi connectivity index (χ2v) is 2.51. The first-order chi connectivity index (χ1) is 4.31. The van der Waals surface area contributed by atoms with Gasteiger partial charge in [-0.1, -0.05) is 6.08 Å². The van der Waals surface area contributed by atoms with Crippen LogP contribution in [0.4, 0.5) is 0 Å². The van der Waals surface area contributed by atoms with Gasteiger partial charge in [0.15, 0.2) is 0 Å². The quantitative estimate of drug-likeness (QED) is 0.465. The molecule has 0 aromatic heterocycles. The smallest absolute Gasteiger partial charge is 0.229 e. The van der Waals surface area contributed by atoms with E-state index in [9.17, 15) is 4.79 Å². The molecule has 0 aliphatic rings. The van der Waals surface area contributed by atoms with E-state index in [1.54, 1.807) is 24.9 Å². The van der Waals surface area contributed by atoms with Crippen LogP contribution in [0.25, 0.3) is 0 Å². The second-order valence-electron chi connectivity index (χ2n) is 1.48. The molecular formula is C6H11NOS. The Bertz CT molecular complexity index is 103. The average Bonchev–Trinajstić information content (AvgIpc) is 1.89. The monoisotopic (exact) mass is 145 g/mol. The maximum absolute atomic E-state index is 10.5. The lowest BCUT2D eigenvalue weighted by Crippen LogP contribution is -2.19. The molecule has 0 unspecified atom stereocenters. The lowest BCUT2D eigenvalue weighted by atomic mass is 10.7. The summed E-state index contributed by atoms with van der Waals surface area (Å²) in [7, 11) is 1.64. The van der Waals surface area contributed by atoms with Gasteiger partial charge in [0.05, 0.1) is 5.75 Å². The Morgan fingerprint density at radius 2 is 2.56 bits per heavy atom. The Morgan fingerprint density at radius 3 is 3.00 bits per heavy atom. The highest BCUT2D eigenvalue weighted by atomic mass is 32.2.